The summed E-state index contributed by atoms with van der Waals surface area (Å²) in [4.78, 5) is 24.8. The van der Waals surface area contributed by atoms with Gasteiger partial charge in [-0.3, -0.25) is 4.79 Å². The number of carbonyl (C=O) groups excluding carboxylic acids is 2. The average Bonchev–Trinajstić information content (AvgIpc) is 2.87. The summed E-state index contributed by atoms with van der Waals surface area (Å²) in [7, 11) is -3.45. The van der Waals surface area contributed by atoms with Gasteiger partial charge < -0.3 is 9.30 Å². The number of carbonyl (C=O) groups is 2. The summed E-state index contributed by atoms with van der Waals surface area (Å²) < 4.78 is 30.4. The molecular weight excluding hydrogens is 366 g/mol. The largest absolute Gasteiger partial charge is 0.454 e. The highest BCUT2D eigenvalue weighted by Gasteiger charge is 2.19. The molecule has 0 unspecified atom stereocenters. The molecule has 0 fully saturated rings. The van der Waals surface area contributed by atoms with E-state index in [1.54, 1.807) is 19.1 Å². The lowest BCUT2D eigenvalue weighted by Crippen LogP contribution is -2.16. The van der Waals surface area contributed by atoms with Crippen molar-refractivity contribution >= 4 is 21.6 Å². The van der Waals surface area contributed by atoms with Crippen molar-refractivity contribution in [1.82, 2.24) is 4.57 Å². The predicted octanol–water partition coefficient (Wildman–Crippen LogP) is 3.04. The minimum absolute atomic E-state index is 0.0272. The van der Waals surface area contributed by atoms with Crippen LogP contribution in [-0.2, 0) is 21.1 Å². The summed E-state index contributed by atoms with van der Waals surface area (Å²) >= 11 is 0. The number of nitrogens with zero attached hydrogens (tertiary/aromatic N) is 1. The molecule has 27 heavy (non-hydrogen) atoms. The molecule has 1 heterocycles. The highest BCUT2D eigenvalue weighted by molar-refractivity contribution is 7.90. The smallest absolute Gasteiger partial charge is 0.338 e. The van der Waals surface area contributed by atoms with Crippen LogP contribution in [0.4, 0.5) is 0 Å². The molecule has 144 valence electrons. The second kappa shape index (κ2) is 7.92. The molecule has 0 saturated heterocycles. The maximum absolute atomic E-state index is 12.5. The first-order valence-corrected chi connectivity index (χ1v) is 10.2. The van der Waals surface area contributed by atoms with Crippen LogP contribution in [0.25, 0.3) is 0 Å². The highest BCUT2D eigenvalue weighted by Crippen LogP contribution is 2.18. The number of ether oxygens (including phenoxy) is 1. The van der Waals surface area contributed by atoms with Gasteiger partial charge in [0.1, 0.15) is 0 Å². The van der Waals surface area contributed by atoms with E-state index in [9.17, 15) is 18.0 Å². The SMILES string of the molecule is C=CCn1c(C)cc(C(=O)COC(=O)c2cc(S(C)(=O)=O)ccc2C)c1C. The van der Waals surface area contributed by atoms with Gasteiger partial charge in [-0.05, 0) is 44.5 Å². The Labute approximate surface area is 159 Å². The number of rotatable bonds is 7. The number of benzene rings is 1. The second-order valence-electron chi connectivity index (χ2n) is 6.43. The number of aromatic nitrogens is 1. The van der Waals surface area contributed by atoms with Crippen LogP contribution in [0.3, 0.4) is 0 Å². The van der Waals surface area contributed by atoms with Crippen molar-refractivity contribution in [3.8, 4) is 0 Å². The fraction of sp³-hybridized carbons (Fsp3) is 0.300. The second-order valence-corrected chi connectivity index (χ2v) is 8.45. The van der Waals surface area contributed by atoms with Crippen molar-refractivity contribution in [1.29, 1.82) is 0 Å². The normalized spacial score (nSPS) is 11.3. The zero-order valence-corrected chi connectivity index (χ0v) is 16.7. The van der Waals surface area contributed by atoms with Crippen LogP contribution in [0.5, 0.6) is 0 Å². The van der Waals surface area contributed by atoms with Gasteiger partial charge >= 0.3 is 5.97 Å². The van der Waals surface area contributed by atoms with E-state index in [-0.39, 0.29) is 16.2 Å². The minimum Gasteiger partial charge on any atom is -0.454 e. The van der Waals surface area contributed by atoms with E-state index in [1.807, 2.05) is 18.4 Å². The van der Waals surface area contributed by atoms with E-state index in [4.69, 9.17) is 4.74 Å². The third-order valence-corrected chi connectivity index (χ3v) is 5.49. The van der Waals surface area contributed by atoms with Crippen LogP contribution >= 0.6 is 0 Å². The average molecular weight is 389 g/mol. The van der Waals surface area contributed by atoms with Gasteiger partial charge in [-0.1, -0.05) is 12.1 Å². The van der Waals surface area contributed by atoms with Crippen molar-refractivity contribution in [2.45, 2.75) is 32.2 Å². The molecule has 0 saturated carbocycles. The van der Waals surface area contributed by atoms with Crippen molar-refractivity contribution in [3.05, 3.63) is 65.0 Å². The lowest BCUT2D eigenvalue weighted by molar-refractivity contribution is 0.0473. The highest BCUT2D eigenvalue weighted by atomic mass is 32.2. The first-order valence-electron chi connectivity index (χ1n) is 8.35. The number of hydrogen-bond donors (Lipinski definition) is 0. The molecule has 2 aromatic rings. The molecule has 0 aliphatic rings. The standard InChI is InChI=1S/C20H23NO5S/c1-6-9-21-14(3)10-18(15(21)4)19(22)12-26-20(23)17-11-16(27(5,24)25)8-7-13(17)2/h6-8,10-11H,1,9,12H2,2-5H3. The Balaban J connectivity index is 2.18. The monoisotopic (exact) mass is 389 g/mol. The Hall–Kier alpha value is -2.67. The van der Waals surface area contributed by atoms with Gasteiger partial charge in [0.25, 0.3) is 0 Å². The molecule has 0 bridgehead atoms. The number of esters is 1. The molecule has 0 spiro atoms. The van der Waals surface area contributed by atoms with Crippen molar-refractivity contribution in [2.75, 3.05) is 12.9 Å². The molecule has 1 aromatic heterocycles. The lowest BCUT2D eigenvalue weighted by Gasteiger charge is -2.09. The Bertz CT molecular complexity index is 1020. The van der Waals surface area contributed by atoms with Gasteiger partial charge in [0.15, 0.2) is 16.4 Å². The molecule has 1 aromatic carbocycles. The Morgan fingerprint density at radius 3 is 2.41 bits per heavy atom. The van der Waals surface area contributed by atoms with Crippen molar-refractivity contribution in [2.24, 2.45) is 0 Å². The molecule has 0 aliphatic carbocycles. The quantitative estimate of drug-likeness (QED) is 0.413. The molecule has 0 N–H and O–H groups in total. The molecule has 6 nitrogen and oxygen atoms in total. The van der Waals surface area contributed by atoms with Gasteiger partial charge in [-0.15, -0.1) is 6.58 Å². The summed E-state index contributed by atoms with van der Waals surface area (Å²) in [5, 5.41) is 0. The fourth-order valence-electron chi connectivity index (χ4n) is 2.83. The van der Waals surface area contributed by atoms with Gasteiger partial charge in [-0.2, -0.15) is 0 Å². The van der Waals surface area contributed by atoms with E-state index in [2.05, 4.69) is 6.58 Å². The van der Waals surface area contributed by atoms with E-state index in [1.165, 1.54) is 18.2 Å². The van der Waals surface area contributed by atoms with Crippen LogP contribution in [0.15, 0.2) is 41.8 Å². The van der Waals surface area contributed by atoms with E-state index < -0.39 is 22.4 Å². The van der Waals surface area contributed by atoms with Crippen molar-refractivity contribution in [3.63, 3.8) is 0 Å². The van der Waals surface area contributed by atoms with Gasteiger partial charge in [0, 0.05) is 29.8 Å². The summed E-state index contributed by atoms with van der Waals surface area (Å²) in [5.74, 6) is -1.05. The molecule has 0 aliphatic heterocycles. The van der Waals surface area contributed by atoms with E-state index in [0.29, 0.717) is 17.7 Å². The molecule has 0 amide bonds. The first kappa shape index (κ1) is 20.6. The Kier molecular flexibility index (Phi) is 6.05. The van der Waals surface area contributed by atoms with Gasteiger partial charge in [-0.25, -0.2) is 13.2 Å². The zero-order valence-electron chi connectivity index (χ0n) is 15.9. The first-order chi connectivity index (χ1) is 12.6. The Morgan fingerprint density at radius 1 is 1.15 bits per heavy atom. The number of ketones is 1. The molecule has 0 radical (unpaired) electrons. The van der Waals surface area contributed by atoms with Crippen LogP contribution in [0.1, 0.15) is 37.7 Å². The molecule has 2 rings (SSSR count). The molecule has 0 atom stereocenters. The third-order valence-electron chi connectivity index (χ3n) is 4.38. The molecular formula is C20H23NO5S. The number of aryl methyl sites for hydroxylation is 2. The minimum atomic E-state index is -3.45. The fourth-order valence-corrected chi connectivity index (χ4v) is 3.48. The Morgan fingerprint density at radius 2 is 1.81 bits per heavy atom. The zero-order chi connectivity index (χ0) is 20.4. The van der Waals surface area contributed by atoms with Crippen molar-refractivity contribution < 1.29 is 22.7 Å². The topological polar surface area (TPSA) is 82.4 Å². The van der Waals surface area contributed by atoms with Gasteiger partial charge in [0.05, 0.1) is 10.5 Å². The summed E-state index contributed by atoms with van der Waals surface area (Å²) in [6.45, 7) is 9.26. The number of hydrogen-bond acceptors (Lipinski definition) is 5. The van der Waals surface area contributed by atoms with Crippen LogP contribution in [-0.4, -0.2) is 37.6 Å². The number of sulfone groups is 1. The predicted molar refractivity (Wildman–Crippen MR) is 103 cm³/mol. The van der Waals surface area contributed by atoms with Crippen LogP contribution in [0.2, 0.25) is 0 Å². The van der Waals surface area contributed by atoms with Crippen LogP contribution < -0.4 is 0 Å². The maximum atomic E-state index is 12.5. The summed E-state index contributed by atoms with van der Waals surface area (Å²) in [6.07, 6.45) is 2.81. The van der Waals surface area contributed by atoms with Gasteiger partial charge in [0.2, 0.25) is 5.78 Å². The summed E-state index contributed by atoms with van der Waals surface area (Å²) in [5.41, 5.74) is 2.89. The summed E-state index contributed by atoms with van der Waals surface area (Å²) in [6, 6.07) is 6.00. The maximum Gasteiger partial charge on any atom is 0.338 e. The van der Waals surface area contributed by atoms with Crippen LogP contribution in [0, 0.1) is 20.8 Å². The van der Waals surface area contributed by atoms with E-state index in [0.717, 1.165) is 17.6 Å². The number of allylic oxidation sites excluding steroid dienone is 1. The lowest BCUT2D eigenvalue weighted by atomic mass is 10.1. The third kappa shape index (κ3) is 4.54. The molecule has 7 heteroatoms. The number of Topliss-reactive ketones (excluding diaryl/α,β-unsaturated/α-hetero) is 1. The van der Waals surface area contributed by atoms with E-state index >= 15 is 0 Å².